The van der Waals surface area contributed by atoms with E-state index in [0.717, 1.165) is 50.6 Å². The molecule has 1 aromatic carbocycles. The van der Waals surface area contributed by atoms with Crippen LogP contribution in [0.1, 0.15) is 25.3 Å². The van der Waals surface area contributed by atoms with E-state index in [0.29, 0.717) is 19.1 Å². The minimum absolute atomic E-state index is 0.585. The molecule has 0 bridgehead atoms. The minimum Gasteiger partial charge on any atom is -0.490 e. The maximum absolute atomic E-state index is 5.95. The SMILES string of the molecule is CCOc1cc(CCN)ccc1OCC1CCOCC1. The Hall–Kier alpha value is -1.26. The second-order valence-corrected chi connectivity index (χ2v) is 5.12. The first-order valence-electron chi connectivity index (χ1n) is 7.49. The summed E-state index contributed by atoms with van der Waals surface area (Å²) < 4.78 is 17.0. The Bertz CT molecular complexity index is 403. The second-order valence-electron chi connectivity index (χ2n) is 5.12. The Labute approximate surface area is 121 Å². The standard InChI is InChI=1S/C16H25NO3/c1-2-19-16-11-13(5-8-17)3-4-15(16)20-12-14-6-9-18-10-7-14/h3-4,11,14H,2,5-10,12,17H2,1H3. The van der Waals surface area contributed by atoms with Crippen molar-refractivity contribution < 1.29 is 14.2 Å². The Morgan fingerprint density at radius 2 is 2.00 bits per heavy atom. The topological polar surface area (TPSA) is 53.7 Å². The van der Waals surface area contributed by atoms with E-state index in [-0.39, 0.29) is 0 Å². The summed E-state index contributed by atoms with van der Waals surface area (Å²) in [6.07, 6.45) is 3.02. The highest BCUT2D eigenvalue weighted by atomic mass is 16.5. The van der Waals surface area contributed by atoms with Crippen molar-refractivity contribution in [2.45, 2.75) is 26.2 Å². The third-order valence-electron chi connectivity index (χ3n) is 3.56. The van der Waals surface area contributed by atoms with Crippen LogP contribution in [0.15, 0.2) is 18.2 Å². The summed E-state index contributed by atoms with van der Waals surface area (Å²) in [7, 11) is 0. The number of rotatable bonds is 7. The first-order chi connectivity index (χ1) is 9.83. The van der Waals surface area contributed by atoms with Crippen molar-refractivity contribution in [3.05, 3.63) is 23.8 Å². The molecule has 1 saturated heterocycles. The first kappa shape index (κ1) is 15.1. The lowest BCUT2D eigenvalue weighted by molar-refractivity contribution is 0.0492. The molecule has 0 spiro atoms. The third kappa shape index (κ3) is 4.39. The molecular weight excluding hydrogens is 254 g/mol. The molecule has 1 fully saturated rings. The molecule has 20 heavy (non-hydrogen) atoms. The molecule has 1 aliphatic rings. The fourth-order valence-corrected chi connectivity index (χ4v) is 2.38. The highest BCUT2D eigenvalue weighted by Gasteiger charge is 2.15. The number of ether oxygens (including phenoxy) is 3. The molecule has 2 rings (SSSR count). The Morgan fingerprint density at radius 3 is 2.70 bits per heavy atom. The number of nitrogens with two attached hydrogens (primary N) is 1. The van der Waals surface area contributed by atoms with Crippen LogP contribution in [0.5, 0.6) is 11.5 Å². The number of benzene rings is 1. The molecule has 1 aromatic rings. The van der Waals surface area contributed by atoms with Gasteiger partial charge in [-0.3, -0.25) is 0 Å². The molecule has 0 radical (unpaired) electrons. The van der Waals surface area contributed by atoms with Crippen LogP contribution in [-0.2, 0) is 11.2 Å². The zero-order chi connectivity index (χ0) is 14.2. The summed E-state index contributed by atoms with van der Waals surface area (Å²) in [6, 6.07) is 6.10. The molecule has 112 valence electrons. The van der Waals surface area contributed by atoms with Crippen molar-refractivity contribution in [1.82, 2.24) is 0 Å². The second kappa shape index (κ2) is 8.12. The number of hydrogen-bond donors (Lipinski definition) is 1. The molecular formula is C16H25NO3. The van der Waals surface area contributed by atoms with Crippen LogP contribution in [-0.4, -0.2) is 33.0 Å². The van der Waals surface area contributed by atoms with Crippen LogP contribution in [0.2, 0.25) is 0 Å². The van der Waals surface area contributed by atoms with Gasteiger partial charge in [-0.05, 0) is 56.3 Å². The molecule has 4 nitrogen and oxygen atoms in total. The van der Waals surface area contributed by atoms with Gasteiger partial charge < -0.3 is 19.9 Å². The fraction of sp³-hybridized carbons (Fsp3) is 0.625. The average Bonchev–Trinajstić information content (AvgIpc) is 2.48. The number of hydrogen-bond acceptors (Lipinski definition) is 4. The summed E-state index contributed by atoms with van der Waals surface area (Å²) in [5.74, 6) is 2.24. The normalized spacial score (nSPS) is 16.1. The van der Waals surface area contributed by atoms with Crippen LogP contribution in [0, 0.1) is 5.92 Å². The van der Waals surface area contributed by atoms with Crippen LogP contribution in [0.25, 0.3) is 0 Å². The van der Waals surface area contributed by atoms with E-state index in [9.17, 15) is 0 Å². The van der Waals surface area contributed by atoms with E-state index in [1.54, 1.807) is 0 Å². The average molecular weight is 279 g/mol. The molecule has 0 aromatic heterocycles. The van der Waals surface area contributed by atoms with Gasteiger partial charge in [-0.15, -0.1) is 0 Å². The zero-order valence-electron chi connectivity index (χ0n) is 12.3. The van der Waals surface area contributed by atoms with E-state index in [1.165, 1.54) is 5.56 Å². The monoisotopic (exact) mass is 279 g/mol. The minimum atomic E-state index is 0.585. The highest BCUT2D eigenvalue weighted by molar-refractivity contribution is 5.43. The van der Waals surface area contributed by atoms with Gasteiger partial charge in [0.15, 0.2) is 11.5 Å². The largest absolute Gasteiger partial charge is 0.490 e. The predicted molar refractivity (Wildman–Crippen MR) is 79.4 cm³/mol. The highest BCUT2D eigenvalue weighted by Crippen LogP contribution is 2.29. The van der Waals surface area contributed by atoms with E-state index in [2.05, 4.69) is 6.07 Å². The van der Waals surface area contributed by atoms with Crippen molar-refractivity contribution in [3.8, 4) is 11.5 Å². The fourth-order valence-electron chi connectivity index (χ4n) is 2.38. The van der Waals surface area contributed by atoms with E-state index in [1.807, 2.05) is 19.1 Å². The van der Waals surface area contributed by atoms with Gasteiger partial charge in [-0.25, -0.2) is 0 Å². The molecule has 0 aliphatic carbocycles. The van der Waals surface area contributed by atoms with Crippen LogP contribution in [0.3, 0.4) is 0 Å². The van der Waals surface area contributed by atoms with Crippen molar-refractivity contribution in [1.29, 1.82) is 0 Å². The molecule has 0 saturated carbocycles. The van der Waals surface area contributed by atoms with E-state index in [4.69, 9.17) is 19.9 Å². The summed E-state index contributed by atoms with van der Waals surface area (Å²) in [5, 5.41) is 0. The van der Waals surface area contributed by atoms with Gasteiger partial charge in [-0.1, -0.05) is 6.07 Å². The molecule has 2 N–H and O–H groups in total. The molecule has 1 heterocycles. The van der Waals surface area contributed by atoms with Crippen LogP contribution < -0.4 is 15.2 Å². The predicted octanol–water partition coefficient (Wildman–Crippen LogP) is 2.39. The Kier molecular flexibility index (Phi) is 6.15. The summed E-state index contributed by atoms with van der Waals surface area (Å²) >= 11 is 0. The van der Waals surface area contributed by atoms with Gasteiger partial charge in [0.1, 0.15) is 0 Å². The van der Waals surface area contributed by atoms with Crippen molar-refractivity contribution >= 4 is 0 Å². The van der Waals surface area contributed by atoms with Gasteiger partial charge in [-0.2, -0.15) is 0 Å². The van der Waals surface area contributed by atoms with Gasteiger partial charge in [0.25, 0.3) is 0 Å². The van der Waals surface area contributed by atoms with Gasteiger partial charge in [0.2, 0.25) is 0 Å². The first-order valence-corrected chi connectivity index (χ1v) is 7.49. The maximum Gasteiger partial charge on any atom is 0.161 e. The molecule has 0 amide bonds. The van der Waals surface area contributed by atoms with Crippen molar-refractivity contribution in [2.24, 2.45) is 11.7 Å². The summed E-state index contributed by atoms with van der Waals surface area (Å²) in [5.41, 5.74) is 6.78. The smallest absolute Gasteiger partial charge is 0.161 e. The van der Waals surface area contributed by atoms with Crippen LogP contribution in [0.4, 0.5) is 0 Å². The van der Waals surface area contributed by atoms with Gasteiger partial charge in [0, 0.05) is 13.2 Å². The Morgan fingerprint density at radius 1 is 1.20 bits per heavy atom. The van der Waals surface area contributed by atoms with Gasteiger partial charge in [0.05, 0.1) is 13.2 Å². The lowest BCUT2D eigenvalue weighted by atomic mass is 10.0. The maximum atomic E-state index is 5.95. The third-order valence-corrected chi connectivity index (χ3v) is 3.56. The lowest BCUT2D eigenvalue weighted by Gasteiger charge is -2.22. The summed E-state index contributed by atoms with van der Waals surface area (Å²) in [6.45, 7) is 5.70. The molecule has 4 heteroatoms. The Balaban J connectivity index is 1.97. The quantitative estimate of drug-likeness (QED) is 0.832. The summed E-state index contributed by atoms with van der Waals surface area (Å²) in [4.78, 5) is 0. The molecule has 1 aliphatic heterocycles. The molecule has 0 atom stereocenters. The lowest BCUT2D eigenvalue weighted by Crippen LogP contribution is -2.21. The molecule has 0 unspecified atom stereocenters. The van der Waals surface area contributed by atoms with Crippen molar-refractivity contribution in [3.63, 3.8) is 0 Å². The van der Waals surface area contributed by atoms with Gasteiger partial charge >= 0.3 is 0 Å². The van der Waals surface area contributed by atoms with E-state index >= 15 is 0 Å². The van der Waals surface area contributed by atoms with Crippen LogP contribution >= 0.6 is 0 Å². The van der Waals surface area contributed by atoms with Crippen molar-refractivity contribution in [2.75, 3.05) is 33.0 Å². The zero-order valence-corrected chi connectivity index (χ0v) is 12.3. The van der Waals surface area contributed by atoms with E-state index < -0.39 is 0 Å².